The molecule has 0 aliphatic rings. The van der Waals surface area contributed by atoms with Crippen molar-refractivity contribution in [1.82, 2.24) is 16.0 Å². The summed E-state index contributed by atoms with van der Waals surface area (Å²) in [6.45, 7) is -0.415. The number of nitrogens with one attached hydrogen (secondary N) is 3. The number of carboxylic acid groups (broad SMARTS) is 1. The summed E-state index contributed by atoms with van der Waals surface area (Å²) < 4.78 is 0. The molecule has 212 valence electrons. The Kier molecular flexibility index (Phi) is 12.9. The normalized spacial score (nSPS) is 13.9. The van der Waals surface area contributed by atoms with Crippen molar-refractivity contribution in [3.05, 3.63) is 65.7 Å². The molecule has 10 N–H and O–H groups in total. The monoisotopic (exact) mass is 543 g/mol. The molecule has 4 unspecified atom stereocenters. The second-order valence-corrected chi connectivity index (χ2v) is 9.16. The predicted octanol–water partition coefficient (Wildman–Crippen LogP) is -0.835. The summed E-state index contributed by atoms with van der Waals surface area (Å²) >= 11 is 0. The van der Waals surface area contributed by atoms with Crippen molar-refractivity contribution in [2.24, 2.45) is 11.5 Å². The van der Waals surface area contributed by atoms with Crippen molar-refractivity contribution in [1.29, 1.82) is 0 Å². The van der Waals surface area contributed by atoms with E-state index in [2.05, 4.69) is 16.0 Å². The molecule has 0 saturated heterocycles. The second-order valence-electron chi connectivity index (χ2n) is 9.16. The Morgan fingerprint density at radius 1 is 0.744 bits per heavy atom. The van der Waals surface area contributed by atoms with Gasteiger partial charge in [0.05, 0.1) is 12.6 Å². The molecule has 4 atom stereocenters. The molecule has 0 bridgehead atoms. The fourth-order valence-electron chi connectivity index (χ4n) is 3.81. The summed E-state index contributed by atoms with van der Waals surface area (Å²) in [5.41, 5.74) is 12.9. The van der Waals surface area contributed by atoms with E-state index < -0.39 is 54.5 Å². The maximum atomic E-state index is 13.2. The average molecular weight is 544 g/mol. The van der Waals surface area contributed by atoms with E-state index >= 15 is 0 Å². The van der Waals surface area contributed by atoms with Crippen molar-refractivity contribution in [2.75, 3.05) is 13.2 Å². The fraction of sp³-hybridized carbons (Fsp3) is 0.407. The highest BCUT2D eigenvalue weighted by molar-refractivity contribution is 5.94. The number of nitrogens with two attached hydrogens (primary N) is 2. The van der Waals surface area contributed by atoms with Crippen LogP contribution in [0.2, 0.25) is 0 Å². The van der Waals surface area contributed by atoms with Gasteiger partial charge in [-0.2, -0.15) is 0 Å². The molecule has 0 heterocycles. The molecule has 2 aromatic rings. The molecule has 0 fully saturated rings. The van der Waals surface area contributed by atoms with Crippen molar-refractivity contribution < 1.29 is 34.5 Å². The van der Waals surface area contributed by atoms with Gasteiger partial charge >= 0.3 is 5.97 Å². The quantitative estimate of drug-likeness (QED) is 0.124. The van der Waals surface area contributed by atoms with Crippen LogP contribution in [0.4, 0.5) is 0 Å². The Bertz CT molecular complexity index is 1080. The van der Waals surface area contributed by atoms with Crippen LogP contribution in [-0.4, -0.2) is 76.3 Å². The number of rotatable bonds is 16. The average Bonchev–Trinajstić information content (AvgIpc) is 2.92. The molecule has 2 rings (SSSR count). The van der Waals surface area contributed by atoms with Crippen molar-refractivity contribution in [2.45, 2.75) is 56.3 Å². The Hall–Kier alpha value is -4.00. The number of aliphatic hydroxyl groups is 1. The molecule has 39 heavy (non-hydrogen) atoms. The Morgan fingerprint density at radius 3 is 1.90 bits per heavy atom. The maximum absolute atomic E-state index is 13.2. The zero-order valence-electron chi connectivity index (χ0n) is 21.6. The van der Waals surface area contributed by atoms with Gasteiger partial charge in [-0.1, -0.05) is 42.5 Å². The smallest absolute Gasteiger partial charge is 0.326 e. The van der Waals surface area contributed by atoms with Gasteiger partial charge < -0.3 is 42.7 Å². The first-order chi connectivity index (χ1) is 18.6. The zero-order valence-corrected chi connectivity index (χ0v) is 21.6. The van der Waals surface area contributed by atoms with E-state index in [9.17, 15) is 34.5 Å². The minimum absolute atomic E-state index is 0.0704. The molecule has 3 amide bonds. The largest absolute Gasteiger partial charge is 0.508 e. The lowest BCUT2D eigenvalue weighted by Gasteiger charge is -2.24. The highest BCUT2D eigenvalue weighted by Gasteiger charge is 2.30. The van der Waals surface area contributed by atoms with Crippen LogP contribution in [0.1, 0.15) is 30.4 Å². The second kappa shape index (κ2) is 16.1. The molecule has 0 aliphatic carbocycles. The number of unbranched alkanes of at least 4 members (excludes halogenated alkanes) is 1. The number of hydrogen-bond acceptors (Lipinski definition) is 8. The lowest BCUT2D eigenvalue weighted by molar-refractivity contribution is -0.142. The fourth-order valence-corrected chi connectivity index (χ4v) is 3.81. The first-order valence-electron chi connectivity index (χ1n) is 12.7. The van der Waals surface area contributed by atoms with Crippen LogP contribution in [0.15, 0.2) is 54.6 Å². The number of amides is 3. The molecule has 0 spiro atoms. The van der Waals surface area contributed by atoms with Gasteiger partial charge in [0, 0.05) is 6.42 Å². The molecular formula is C27H37N5O7. The lowest BCUT2D eigenvalue weighted by Crippen LogP contribution is -2.58. The van der Waals surface area contributed by atoms with E-state index in [0.29, 0.717) is 24.9 Å². The van der Waals surface area contributed by atoms with E-state index in [0.717, 1.165) is 5.56 Å². The Morgan fingerprint density at radius 2 is 1.31 bits per heavy atom. The number of aliphatic carboxylic acids is 1. The summed E-state index contributed by atoms with van der Waals surface area (Å²) in [6, 6.07) is 10.2. The number of hydrogen-bond donors (Lipinski definition) is 8. The van der Waals surface area contributed by atoms with Gasteiger partial charge in [-0.15, -0.1) is 0 Å². The van der Waals surface area contributed by atoms with Gasteiger partial charge in [-0.25, -0.2) is 4.79 Å². The highest BCUT2D eigenvalue weighted by atomic mass is 16.4. The van der Waals surface area contributed by atoms with E-state index in [1.54, 1.807) is 42.5 Å². The standard InChI is InChI=1S/C27H37N5O7/c28-13-5-4-8-21(27(38)39)30-26(37)23(16-33)32-25(36)22(15-17-6-2-1-3-7-17)31-24(35)20(29)14-18-9-11-19(34)12-10-18/h1-3,6-7,9-12,20-23,33-34H,4-5,8,13-16,28-29H2,(H,30,37)(H,31,35)(H,32,36)(H,38,39). The van der Waals surface area contributed by atoms with Crippen LogP contribution in [-0.2, 0) is 32.0 Å². The summed E-state index contributed by atoms with van der Waals surface area (Å²) in [5, 5.41) is 36.0. The summed E-state index contributed by atoms with van der Waals surface area (Å²) in [5.74, 6) is -3.42. The SMILES string of the molecule is NCCCCC(NC(=O)C(CO)NC(=O)C(Cc1ccccc1)NC(=O)C(N)Cc1ccc(O)cc1)C(=O)O. The summed E-state index contributed by atoms with van der Waals surface area (Å²) in [4.78, 5) is 50.3. The van der Waals surface area contributed by atoms with Gasteiger partial charge in [0.15, 0.2) is 0 Å². The minimum atomic E-state index is -1.45. The third-order valence-electron chi connectivity index (χ3n) is 6.02. The minimum Gasteiger partial charge on any atom is -0.508 e. The van der Waals surface area contributed by atoms with E-state index in [1.807, 2.05) is 0 Å². The molecule has 2 aromatic carbocycles. The van der Waals surface area contributed by atoms with Crippen LogP contribution in [0, 0.1) is 0 Å². The van der Waals surface area contributed by atoms with Crippen LogP contribution in [0.25, 0.3) is 0 Å². The van der Waals surface area contributed by atoms with E-state index in [4.69, 9.17) is 11.5 Å². The molecule has 0 aromatic heterocycles. The van der Waals surface area contributed by atoms with Crippen molar-refractivity contribution >= 4 is 23.7 Å². The van der Waals surface area contributed by atoms with Crippen molar-refractivity contribution in [3.63, 3.8) is 0 Å². The van der Waals surface area contributed by atoms with Gasteiger partial charge in [0.25, 0.3) is 0 Å². The first kappa shape index (κ1) is 31.2. The van der Waals surface area contributed by atoms with Crippen LogP contribution in [0.5, 0.6) is 5.75 Å². The number of phenolic OH excluding ortho intramolecular Hbond substituents is 1. The summed E-state index contributed by atoms with van der Waals surface area (Å²) in [6.07, 6.45) is 1.40. The van der Waals surface area contributed by atoms with Gasteiger partial charge in [0.2, 0.25) is 17.7 Å². The highest BCUT2D eigenvalue weighted by Crippen LogP contribution is 2.11. The van der Waals surface area contributed by atoms with Gasteiger partial charge in [-0.05, 0) is 55.5 Å². The molecule has 0 saturated carbocycles. The summed E-state index contributed by atoms with van der Waals surface area (Å²) in [7, 11) is 0. The number of benzene rings is 2. The van der Waals surface area contributed by atoms with Gasteiger partial charge in [-0.3, -0.25) is 14.4 Å². The van der Waals surface area contributed by atoms with Crippen LogP contribution >= 0.6 is 0 Å². The topological polar surface area (TPSA) is 217 Å². The number of aromatic hydroxyl groups is 1. The first-order valence-corrected chi connectivity index (χ1v) is 12.7. The number of carbonyl (C=O) groups is 4. The molecule has 0 aliphatic heterocycles. The van der Waals surface area contributed by atoms with Crippen LogP contribution in [0.3, 0.4) is 0 Å². The third-order valence-corrected chi connectivity index (χ3v) is 6.02. The molecule has 12 heteroatoms. The lowest BCUT2D eigenvalue weighted by atomic mass is 10.0. The van der Waals surface area contributed by atoms with Gasteiger partial charge in [0.1, 0.15) is 23.9 Å². The van der Waals surface area contributed by atoms with E-state index in [1.165, 1.54) is 12.1 Å². The number of carbonyl (C=O) groups excluding carboxylic acids is 3. The number of phenols is 1. The molecule has 12 nitrogen and oxygen atoms in total. The van der Waals surface area contributed by atoms with E-state index in [-0.39, 0.29) is 25.0 Å². The maximum Gasteiger partial charge on any atom is 0.326 e. The Balaban J connectivity index is 2.11. The third kappa shape index (κ3) is 10.7. The van der Waals surface area contributed by atoms with Crippen molar-refractivity contribution in [3.8, 4) is 5.75 Å². The molecular weight excluding hydrogens is 506 g/mol. The molecule has 0 radical (unpaired) electrons. The zero-order chi connectivity index (χ0) is 28.8. The number of aliphatic hydroxyl groups excluding tert-OH is 1. The number of carboxylic acids is 1. The van der Waals surface area contributed by atoms with Crippen LogP contribution < -0.4 is 27.4 Å². The predicted molar refractivity (Wildman–Crippen MR) is 143 cm³/mol. The Labute approximate surface area is 226 Å².